The number of pyridine rings is 1. The van der Waals surface area contributed by atoms with E-state index in [4.69, 9.17) is 37.3 Å². The fourth-order valence-electron chi connectivity index (χ4n) is 4.56. The molecule has 10 heteroatoms. The van der Waals surface area contributed by atoms with Gasteiger partial charge in [-0.1, -0.05) is 47.5 Å². The van der Waals surface area contributed by atoms with E-state index in [1.165, 1.54) is 6.33 Å². The summed E-state index contributed by atoms with van der Waals surface area (Å²) in [6.45, 7) is 0. The van der Waals surface area contributed by atoms with Gasteiger partial charge in [0.2, 0.25) is 11.7 Å². The first-order valence-electron chi connectivity index (χ1n) is 10.9. The van der Waals surface area contributed by atoms with Crippen molar-refractivity contribution in [2.45, 2.75) is 5.92 Å². The third kappa shape index (κ3) is 3.12. The number of hydrogen-bond donors (Lipinski definition) is 0. The molecular formula is C26H13Cl2N5O3. The molecule has 0 fully saturated rings. The summed E-state index contributed by atoms with van der Waals surface area (Å²) in [6.07, 6.45) is 3.20. The average Bonchev–Trinajstić information content (AvgIpc) is 3.35. The maximum absolute atomic E-state index is 13.4. The molecule has 0 N–H and O–H groups in total. The predicted octanol–water partition coefficient (Wildman–Crippen LogP) is 5.89. The van der Waals surface area contributed by atoms with Gasteiger partial charge >= 0.3 is 5.63 Å². The van der Waals surface area contributed by atoms with Gasteiger partial charge in [0.25, 0.3) is 0 Å². The third-order valence-corrected chi connectivity index (χ3v) is 6.87. The number of ether oxygens (including phenoxy) is 1. The van der Waals surface area contributed by atoms with Crippen LogP contribution < -0.4 is 10.4 Å². The first-order valence-corrected chi connectivity index (χ1v) is 11.7. The Labute approximate surface area is 212 Å². The zero-order valence-corrected chi connectivity index (χ0v) is 19.7. The minimum atomic E-state index is -0.656. The van der Waals surface area contributed by atoms with Gasteiger partial charge in [-0.2, -0.15) is 0 Å². The van der Waals surface area contributed by atoms with Crippen LogP contribution in [0, 0.1) is 0 Å². The first-order chi connectivity index (χ1) is 17.6. The third-order valence-electron chi connectivity index (χ3n) is 6.13. The van der Waals surface area contributed by atoms with Gasteiger partial charge in [0, 0.05) is 6.20 Å². The molecule has 0 radical (unpaired) electrons. The number of fused-ring (bicyclic) bond motifs is 6. The minimum absolute atomic E-state index is 0.307. The van der Waals surface area contributed by atoms with E-state index in [0.29, 0.717) is 66.5 Å². The lowest BCUT2D eigenvalue weighted by Crippen LogP contribution is -2.22. The average molecular weight is 514 g/mol. The zero-order chi connectivity index (χ0) is 24.4. The largest absolute Gasteiger partial charge is 0.437 e. The molecule has 0 saturated heterocycles. The molecule has 0 amide bonds. The van der Waals surface area contributed by atoms with Gasteiger partial charge < -0.3 is 9.15 Å². The number of aromatic nitrogens is 5. The van der Waals surface area contributed by atoms with E-state index < -0.39 is 11.5 Å². The SMILES string of the molecule is O=c1oc2ccccc2c2c1C(c1ccc(Cl)c(Cl)c1)c1c(ncn3nc(-c4ccccn4)nc13)O2. The van der Waals surface area contributed by atoms with Crippen molar-refractivity contribution in [3.05, 3.63) is 110 Å². The van der Waals surface area contributed by atoms with Crippen LogP contribution in [0.3, 0.4) is 0 Å². The molecule has 0 aliphatic carbocycles. The fraction of sp³-hybridized carbons (Fsp3) is 0.0385. The first kappa shape index (κ1) is 21.0. The Kier molecular flexibility index (Phi) is 4.60. The summed E-state index contributed by atoms with van der Waals surface area (Å²) >= 11 is 12.6. The molecule has 0 bridgehead atoms. The smallest absolute Gasteiger partial charge is 0.344 e. The number of halogens is 2. The van der Waals surface area contributed by atoms with Gasteiger partial charge in [-0.25, -0.2) is 19.3 Å². The van der Waals surface area contributed by atoms with Gasteiger partial charge in [0.15, 0.2) is 11.4 Å². The molecule has 5 heterocycles. The molecule has 6 aromatic rings. The molecule has 0 spiro atoms. The summed E-state index contributed by atoms with van der Waals surface area (Å²) in [5.74, 6) is 0.444. The van der Waals surface area contributed by atoms with Gasteiger partial charge in [-0.3, -0.25) is 4.98 Å². The summed E-state index contributed by atoms with van der Waals surface area (Å²) in [6, 6.07) is 17.9. The monoisotopic (exact) mass is 513 g/mol. The van der Waals surface area contributed by atoms with Crippen LogP contribution in [0.15, 0.2) is 82.4 Å². The van der Waals surface area contributed by atoms with Crippen LogP contribution in [-0.2, 0) is 0 Å². The molecule has 8 nitrogen and oxygen atoms in total. The molecule has 0 saturated carbocycles. The quantitative estimate of drug-likeness (QED) is 0.266. The summed E-state index contributed by atoms with van der Waals surface area (Å²) in [4.78, 5) is 27.0. The number of rotatable bonds is 2. The van der Waals surface area contributed by atoms with Gasteiger partial charge in [0.05, 0.1) is 32.5 Å². The number of para-hydroxylation sites is 1. The van der Waals surface area contributed by atoms with Crippen LogP contribution in [-0.4, -0.2) is 24.6 Å². The Balaban J connectivity index is 1.57. The topological polar surface area (TPSA) is 95.4 Å². The highest BCUT2D eigenvalue weighted by Crippen LogP contribution is 2.49. The second-order valence-corrected chi connectivity index (χ2v) is 9.03. The molecule has 1 aliphatic rings. The molecule has 2 aromatic carbocycles. The molecule has 7 rings (SSSR count). The zero-order valence-electron chi connectivity index (χ0n) is 18.2. The van der Waals surface area contributed by atoms with Crippen LogP contribution >= 0.6 is 23.2 Å². The van der Waals surface area contributed by atoms with Crippen LogP contribution in [0.25, 0.3) is 28.1 Å². The Morgan fingerprint density at radius 1 is 0.917 bits per heavy atom. The molecule has 4 aromatic heterocycles. The molecular weight excluding hydrogens is 501 g/mol. The van der Waals surface area contributed by atoms with E-state index in [2.05, 4.69) is 15.1 Å². The number of benzene rings is 2. The minimum Gasteiger partial charge on any atom is -0.437 e. The van der Waals surface area contributed by atoms with Crippen molar-refractivity contribution >= 4 is 39.8 Å². The van der Waals surface area contributed by atoms with Gasteiger partial charge in [-0.15, -0.1) is 5.10 Å². The van der Waals surface area contributed by atoms with E-state index in [1.807, 2.05) is 36.4 Å². The molecule has 174 valence electrons. The van der Waals surface area contributed by atoms with E-state index in [9.17, 15) is 4.79 Å². The predicted molar refractivity (Wildman–Crippen MR) is 134 cm³/mol. The van der Waals surface area contributed by atoms with Gasteiger partial charge in [0.1, 0.15) is 17.6 Å². The maximum Gasteiger partial charge on any atom is 0.344 e. The molecule has 1 atom stereocenters. The Morgan fingerprint density at radius 2 is 1.78 bits per heavy atom. The van der Waals surface area contributed by atoms with Crippen LogP contribution in [0.4, 0.5) is 0 Å². The lowest BCUT2D eigenvalue weighted by Gasteiger charge is -2.27. The molecule has 36 heavy (non-hydrogen) atoms. The second kappa shape index (κ2) is 7.87. The van der Waals surface area contributed by atoms with Crippen molar-refractivity contribution in [1.29, 1.82) is 0 Å². The highest BCUT2D eigenvalue weighted by Gasteiger charge is 2.37. The van der Waals surface area contributed by atoms with Crippen molar-refractivity contribution in [2.75, 3.05) is 0 Å². The summed E-state index contributed by atoms with van der Waals surface area (Å²) < 4.78 is 13.5. The van der Waals surface area contributed by atoms with Crippen LogP contribution in [0.5, 0.6) is 11.6 Å². The van der Waals surface area contributed by atoms with Gasteiger partial charge in [-0.05, 0) is 42.0 Å². The van der Waals surface area contributed by atoms with Crippen LogP contribution in [0.1, 0.15) is 22.6 Å². The van der Waals surface area contributed by atoms with Crippen molar-refractivity contribution < 1.29 is 9.15 Å². The lowest BCUT2D eigenvalue weighted by molar-refractivity contribution is 0.422. The van der Waals surface area contributed by atoms with E-state index in [1.54, 1.807) is 35.0 Å². The van der Waals surface area contributed by atoms with Crippen molar-refractivity contribution in [1.82, 2.24) is 24.6 Å². The van der Waals surface area contributed by atoms with E-state index in [0.717, 1.165) is 0 Å². The second-order valence-electron chi connectivity index (χ2n) is 8.22. The van der Waals surface area contributed by atoms with Crippen molar-refractivity contribution in [3.8, 4) is 23.1 Å². The van der Waals surface area contributed by atoms with Crippen LogP contribution in [0.2, 0.25) is 10.0 Å². The Bertz CT molecular complexity index is 1880. The number of hydrogen-bond acceptors (Lipinski definition) is 7. The molecule has 1 aliphatic heterocycles. The van der Waals surface area contributed by atoms with Crippen molar-refractivity contribution in [2.24, 2.45) is 0 Å². The Hall–Kier alpha value is -4.27. The summed E-state index contributed by atoms with van der Waals surface area (Å²) in [5.41, 5.74) is 2.53. The lowest BCUT2D eigenvalue weighted by atomic mass is 9.84. The fourth-order valence-corrected chi connectivity index (χ4v) is 4.86. The summed E-state index contributed by atoms with van der Waals surface area (Å²) in [7, 11) is 0. The standard InChI is InChI=1S/C26H13Cl2N5O3/c27-15-9-8-13(11-16(15)28)19-20-22(14-5-1-2-7-18(14)35-26(20)34)36-25-21(19)24-31-23(32-33(24)12-30-25)17-6-3-4-10-29-17/h1-12,19H. The maximum atomic E-state index is 13.4. The number of nitrogens with zero attached hydrogens (tertiary/aromatic N) is 5. The summed E-state index contributed by atoms with van der Waals surface area (Å²) in [5, 5.41) is 5.96. The highest BCUT2D eigenvalue weighted by atomic mass is 35.5. The van der Waals surface area contributed by atoms with E-state index >= 15 is 0 Å². The van der Waals surface area contributed by atoms with E-state index in [-0.39, 0.29) is 0 Å². The highest BCUT2D eigenvalue weighted by molar-refractivity contribution is 6.42. The normalized spacial score (nSPS) is 14.4. The Morgan fingerprint density at radius 3 is 2.61 bits per heavy atom. The molecule has 1 unspecified atom stereocenters. The van der Waals surface area contributed by atoms with Crippen molar-refractivity contribution in [3.63, 3.8) is 0 Å².